The summed E-state index contributed by atoms with van der Waals surface area (Å²) in [4.78, 5) is 30.0. The molecule has 47 heavy (non-hydrogen) atoms. The van der Waals surface area contributed by atoms with E-state index in [1.165, 1.54) is 22.3 Å². The van der Waals surface area contributed by atoms with Gasteiger partial charge in [0.1, 0.15) is 5.76 Å². The van der Waals surface area contributed by atoms with Crippen LogP contribution in [-0.4, -0.2) is 23.8 Å². The number of nitrogens with zero attached hydrogens (tertiary/aromatic N) is 1. The molecule has 4 unspecified atom stereocenters. The quantitative estimate of drug-likeness (QED) is 0.202. The highest BCUT2D eigenvalue weighted by Gasteiger charge is 2.50. The fourth-order valence-electron chi connectivity index (χ4n) is 9.15. The first-order valence-corrected chi connectivity index (χ1v) is 17.2. The predicted molar refractivity (Wildman–Crippen MR) is 184 cm³/mol. The first-order valence-electron chi connectivity index (χ1n) is 17.2. The van der Waals surface area contributed by atoms with Crippen LogP contribution in [0, 0.1) is 11.8 Å². The lowest BCUT2D eigenvalue weighted by molar-refractivity contribution is -0.134. The standard InChI is InChI=1S/C43H41NO3/c1-44-40(36-24-32(28-14-6-2-7-15-28)22-33(25-36)29-16-8-3-9-17-29)38-39(42(44)45)41(47-43(38)46)37-26-34(30-18-10-4-11-19-30)23-35(27-37)31-20-12-5-13-21-31/h2-21,32-37H,22-27H2,1H3. The van der Waals surface area contributed by atoms with Crippen molar-refractivity contribution in [2.24, 2.45) is 11.8 Å². The van der Waals surface area contributed by atoms with E-state index in [-0.39, 0.29) is 23.7 Å². The molecule has 4 aliphatic rings. The molecule has 2 aliphatic heterocycles. The molecular formula is C43H41NO3. The van der Waals surface area contributed by atoms with E-state index in [2.05, 4.69) is 121 Å². The van der Waals surface area contributed by atoms with Crippen molar-refractivity contribution in [3.8, 4) is 0 Å². The van der Waals surface area contributed by atoms with Gasteiger partial charge < -0.3 is 9.64 Å². The van der Waals surface area contributed by atoms with Crippen LogP contribution in [-0.2, 0) is 14.3 Å². The Hall–Kier alpha value is -4.70. The van der Waals surface area contributed by atoms with E-state index >= 15 is 0 Å². The minimum Gasteiger partial charge on any atom is -0.426 e. The summed E-state index contributed by atoms with van der Waals surface area (Å²) in [6.07, 6.45) is 5.59. The van der Waals surface area contributed by atoms with Crippen LogP contribution in [0.4, 0.5) is 0 Å². The van der Waals surface area contributed by atoms with Crippen LogP contribution in [0.3, 0.4) is 0 Å². The molecule has 4 aromatic carbocycles. The van der Waals surface area contributed by atoms with Gasteiger partial charge in [0.15, 0.2) is 0 Å². The van der Waals surface area contributed by atoms with Gasteiger partial charge in [-0.1, -0.05) is 121 Å². The maximum atomic E-state index is 14.2. The minimum absolute atomic E-state index is 0.0206. The summed E-state index contributed by atoms with van der Waals surface area (Å²) >= 11 is 0. The number of carbonyl (C=O) groups is 2. The third kappa shape index (κ3) is 5.54. The molecule has 236 valence electrons. The predicted octanol–water partition coefficient (Wildman–Crippen LogP) is 9.26. The van der Waals surface area contributed by atoms with Crippen LogP contribution in [0.25, 0.3) is 0 Å². The summed E-state index contributed by atoms with van der Waals surface area (Å²) in [5.74, 6) is 1.49. The molecule has 0 saturated heterocycles. The van der Waals surface area contributed by atoms with Gasteiger partial charge >= 0.3 is 5.97 Å². The van der Waals surface area contributed by atoms with Crippen molar-refractivity contribution in [3.63, 3.8) is 0 Å². The number of amides is 1. The Bertz CT molecular complexity index is 1730. The Labute approximate surface area is 277 Å². The van der Waals surface area contributed by atoms with Gasteiger partial charge in [-0.05, 0) is 84.5 Å². The maximum Gasteiger partial charge on any atom is 0.345 e. The first kappa shape index (κ1) is 29.7. The van der Waals surface area contributed by atoms with E-state index < -0.39 is 0 Å². The molecule has 2 saturated carbocycles. The van der Waals surface area contributed by atoms with Crippen molar-refractivity contribution in [3.05, 3.63) is 166 Å². The van der Waals surface area contributed by atoms with Crippen molar-refractivity contribution >= 4 is 11.9 Å². The number of rotatable bonds is 6. The number of esters is 1. The molecule has 4 nitrogen and oxygen atoms in total. The Kier molecular flexibility index (Phi) is 7.88. The summed E-state index contributed by atoms with van der Waals surface area (Å²) in [5, 5.41) is 0. The van der Waals surface area contributed by atoms with Crippen LogP contribution < -0.4 is 0 Å². The summed E-state index contributed by atoms with van der Waals surface area (Å²) < 4.78 is 6.23. The molecule has 0 radical (unpaired) electrons. The van der Waals surface area contributed by atoms with Crippen LogP contribution in [0.15, 0.2) is 144 Å². The normalized spacial score (nSPS) is 27.6. The summed E-state index contributed by atoms with van der Waals surface area (Å²) in [7, 11) is 1.87. The molecule has 2 fully saturated rings. The summed E-state index contributed by atoms with van der Waals surface area (Å²) in [6, 6.07) is 42.8. The van der Waals surface area contributed by atoms with Crippen LogP contribution in [0.1, 0.15) is 84.5 Å². The van der Waals surface area contributed by atoms with Gasteiger partial charge in [-0.15, -0.1) is 0 Å². The van der Waals surface area contributed by atoms with Crippen molar-refractivity contribution in [2.75, 3.05) is 7.05 Å². The SMILES string of the molecule is CN1C(=O)C2=C(C3CC(c4ccccc4)CC(c4ccccc4)C3)OC(=O)C2=C1C1CC(c2ccccc2)CC(c2ccccc2)C1. The largest absolute Gasteiger partial charge is 0.426 e. The number of hydrogen-bond acceptors (Lipinski definition) is 3. The number of ether oxygens (including phenoxy) is 1. The van der Waals surface area contributed by atoms with Crippen molar-refractivity contribution in [2.45, 2.75) is 62.2 Å². The number of allylic oxidation sites excluding steroid dienone is 2. The second-order valence-corrected chi connectivity index (χ2v) is 14.0. The molecule has 0 bridgehead atoms. The van der Waals surface area contributed by atoms with Crippen LogP contribution in [0.5, 0.6) is 0 Å². The zero-order chi connectivity index (χ0) is 31.9. The van der Waals surface area contributed by atoms with Crippen molar-refractivity contribution < 1.29 is 14.3 Å². The molecule has 4 aromatic rings. The zero-order valence-electron chi connectivity index (χ0n) is 26.9. The Balaban J connectivity index is 1.18. The second-order valence-electron chi connectivity index (χ2n) is 14.0. The van der Waals surface area contributed by atoms with Gasteiger partial charge in [-0.2, -0.15) is 0 Å². The lowest BCUT2D eigenvalue weighted by Gasteiger charge is -2.38. The molecule has 4 atom stereocenters. The molecule has 0 spiro atoms. The Morgan fingerprint density at radius 2 is 0.809 bits per heavy atom. The third-order valence-electron chi connectivity index (χ3n) is 11.3. The van der Waals surface area contributed by atoms with E-state index in [0.29, 0.717) is 40.6 Å². The molecule has 1 amide bonds. The highest BCUT2D eigenvalue weighted by atomic mass is 16.5. The molecule has 4 heteroatoms. The fraction of sp³-hybridized carbons (Fsp3) is 0.302. The number of likely N-dealkylation sites (N-methyl/N-ethyl adjacent to an activating group) is 1. The van der Waals surface area contributed by atoms with Gasteiger partial charge in [-0.25, -0.2) is 4.79 Å². The number of hydrogen-bond donors (Lipinski definition) is 0. The average molecular weight is 620 g/mol. The Morgan fingerprint density at radius 1 is 0.468 bits per heavy atom. The van der Waals surface area contributed by atoms with E-state index in [9.17, 15) is 9.59 Å². The smallest absolute Gasteiger partial charge is 0.345 e. The molecule has 0 N–H and O–H groups in total. The van der Waals surface area contributed by atoms with E-state index in [4.69, 9.17) is 4.74 Å². The molecule has 8 rings (SSSR count). The summed E-state index contributed by atoms with van der Waals surface area (Å²) in [6.45, 7) is 0. The maximum absolute atomic E-state index is 14.2. The van der Waals surface area contributed by atoms with Crippen molar-refractivity contribution in [1.82, 2.24) is 4.90 Å². The molecule has 2 heterocycles. The van der Waals surface area contributed by atoms with E-state index in [0.717, 1.165) is 44.2 Å². The Morgan fingerprint density at radius 3 is 1.19 bits per heavy atom. The first-order chi connectivity index (χ1) is 23.0. The third-order valence-corrected chi connectivity index (χ3v) is 11.3. The number of benzene rings is 4. The lowest BCUT2D eigenvalue weighted by atomic mass is 9.69. The van der Waals surface area contributed by atoms with E-state index in [1.807, 2.05) is 7.05 Å². The average Bonchev–Trinajstić information content (AvgIpc) is 3.62. The van der Waals surface area contributed by atoms with Crippen molar-refractivity contribution in [1.29, 1.82) is 0 Å². The second kappa shape index (κ2) is 12.5. The number of cyclic esters (lactones) is 1. The van der Waals surface area contributed by atoms with Gasteiger partial charge in [0, 0.05) is 24.6 Å². The van der Waals surface area contributed by atoms with E-state index in [1.54, 1.807) is 4.90 Å². The topological polar surface area (TPSA) is 46.6 Å². The van der Waals surface area contributed by atoms with Crippen LogP contribution >= 0.6 is 0 Å². The van der Waals surface area contributed by atoms with Crippen LogP contribution in [0.2, 0.25) is 0 Å². The minimum atomic E-state index is -0.348. The molecule has 2 aliphatic carbocycles. The van der Waals surface area contributed by atoms with Gasteiger partial charge in [0.05, 0.1) is 11.1 Å². The van der Waals surface area contributed by atoms with Gasteiger partial charge in [0.2, 0.25) is 0 Å². The molecular weight excluding hydrogens is 578 g/mol. The monoisotopic (exact) mass is 619 g/mol. The lowest BCUT2D eigenvalue weighted by Crippen LogP contribution is -2.31. The number of carbonyl (C=O) groups excluding carboxylic acids is 2. The molecule has 0 aromatic heterocycles. The fourth-order valence-corrected chi connectivity index (χ4v) is 9.15. The number of fused-ring (bicyclic) bond motifs is 1. The highest BCUT2D eigenvalue weighted by molar-refractivity contribution is 6.16. The van der Waals surface area contributed by atoms with Gasteiger partial charge in [-0.3, -0.25) is 4.79 Å². The van der Waals surface area contributed by atoms with Gasteiger partial charge in [0.25, 0.3) is 5.91 Å². The summed E-state index contributed by atoms with van der Waals surface area (Å²) in [5.41, 5.74) is 7.17. The highest BCUT2D eigenvalue weighted by Crippen LogP contribution is 2.54. The zero-order valence-corrected chi connectivity index (χ0v) is 26.9.